The molecule has 2 heterocycles. The topological polar surface area (TPSA) is 38.1 Å². The summed E-state index contributed by atoms with van der Waals surface area (Å²) >= 11 is 0. The van der Waals surface area contributed by atoms with Gasteiger partial charge in [0.15, 0.2) is 0 Å². The minimum absolute atomic E-state index is 0.0815. The Balaban J connectivity index is 2.06. The van der Waals surface area contributed by atoms with Gasteiger partial charge in [-0.3, -0.25) is 9.36 Å². The van der Waals surface area contributed by atoms with Crippen molar-refractivity contribution in [3.63, 3.8) is 0 Å². The minimum Gasteiger partial charge on any atom is -0.302 e. The third-order valence-electron chi connectivity index (χ3n) is 4.49. The van der Waals surface area contributed by atoms with Crippen molar-refractivity contribution in [1.29, 1.82) is 0 Å². The Morgan fingerprint density at radius 1 is 1.30 bits per heavy atom. The zero-order valence-corrected chi connectivity index (χ0v) is 12.8. The molecular formula is C16H18F3N3O. The van der Waals surface area contributed by atoms with Gasteiger partial charge >= 0.3 is 6.18 Å². The van der Waals surface area contributed by atoms with E-state index in [1.807, 2.05) is 7.05 Å². The van der Waals surface area contributed by atoms with E-state index in [4.69, 9.17) is 0 Å². The fourth-order valence-corrected chi connectivity index (χ4v) is 3.17. The predicted octanol–water partition coefficient (Wildman–Crippen LogP) is 2.90. The molecule has 1 aliphatic rings. The molecule has 1 aromatic carbocycles. The van der Waals surface area contributed by atoms with Crippen LogP contribution in [-0.4, -0.2) is 34.1 Å². The molecule has 1 saturated heterocycles. The van der Waals surface area contributed by atoms with Gasteiger partial charge in [-0.05, 0) is 38.6 Å². The molecule has 0 amide bonds. The number of halogens is 3. The molecule has 0 spiro atoms. The summed E-state index contributed by atoms with van der Waals surface area (Å²) in [7, 11) is 1.98. The number of piperidine rings is 1. The number of benzene rings is 1. The van der Waals surface area contributed by atoms with Crippen LogP contribution in [0.25, 0.3) is 10.9 Å². The van der Waals surface area contributed by atoms with Crippen LogP contribution < -0.4 is 5.56 Å². The molecule has 3 rings (SSSR count). The van der Waals surface area contributed by atoms with Crippen molar-refractivity contribution in [2.45, 2.75) is 38.0 Å². The van der Waals surface area contributed by atoms with E-state index >= 15 is 0 Å². The number of likely N-dealkylation sites (tertiary alicyclic amines) is 1. The maximum atomic E-state index is 13.2. The van der Waals surface area contributed by atoms with E-state index in [1.165, 1.54) is 23.0 Å². The summed E-state index contributed by atoms with van der Waals surface area (Å²) in [5.74, 6) is 0. The highest BCUT2D eigenvalue weighted by Gasteiger charge is 2.34. The largest absolute Gasteiger partial charge is 0.417 e. The van der Waals surface area contributed by atoms with Gasteiger partial charge in [0.25, 0.3) is 5.56 Å². The quantitative estimate of drug-likeness (QED) is 0.852. The average Bonchev–Trinajstić information content (AvgIpc) is 2.51. The van der Waals surface area contributed by atoms with E-state index in [-0.39, 0.29) is 16.9 Å². The van der Waals surface area contributed by atoms with E-state index in [9.17, 15) is 18.0 Å². The third-order valence-corrected chi connectivity index (χ3v) is 4.49. The van der Waals surface area contributed by atoms with Crippen LogP contribution in [-0.2, 0) is 12.7 Å². The number of alkyl halides is 3. The van der Waals surface area contributed by atoms with Crippen molar-refractivity contribution in [3.05, 3.63) is 40.4 Å². The Morgan fingerprint density at radius 2 is 2.09 bits per heavy atom. The van der Waals surface area contributed by atoms with Crippen molar-refractivity contribution in [3.8, 4) is 0 Å². The highest BCUT2D eigenvalue weighted by Crippen LogP contribution is 2.32. The Kier molecular flexibility index (Phi) is 4.14. The number of fused-ring (bicyclic) bond motifs is 1. The first-order valence-electron chi connectivity index (χ1n) is 7.63. The van der Waals surface area contributed by atoms with Crippen molar-refractivity contribution < 1.29 is 13.2 Å². The highest BCUT2D eigenvalue weighted by atomic mass is 19.4. The summed E-state index contributed by atoms with van der Waals surface area (Å²) in [6.07, 6.45) is -0.106. The normalized spacial score (nSPS) is 20.1. The molecule has 1 atom stereocenters. The van der Waals surface area contributed by atoms with Gasteiger partial charge in [0.1, 0.15) is 0 Å². The lowest BCUT2D eigenvalue weighted by molar-refractivity contribution is -0.136. The van der Waals surface area contributed by atoms with Gasteiger partial charge in [-0.25, -0.2) is 4.98 Å². The Hall–Kier alpha value is -1.89. The molecule has 0 N–H and O–H groups in total. The van der Waals surface area contributed by atoms with Crippen molar-refractivity contribution in [2.24, 2.45) is 0 Å². The fraction of sp³-hybridized carbons (Fsp3) is 0.500. The van der Waals surface area contributed by atoms with E-state index in [0.717, 1.165) is 31.9 Å². The van der Waals surface area contributed by atoms with Crippen LogP contribution in [0, 0.1) is 0 Å². The fourth-order valence-electron chi connectivity index (χ4n) is 3.17. The number of likely N-dealkylation sites (N-methyl/N-ethyl adjacent to an activating group) is 1. The summed E-state index contributed by atoms with van der Waals surface area (Å²) in [6, 6.07) is 3.79. The minimum atomic E-state index is -4.57. The number of aromatic nitrogens is 2. The molecule has 0 radical (unpaired) electrons. The molecule has 0 saturated carbocycles. The molecule has 23 heavy (non-hydrogen) atoms. The van der Waals surface area contributed by atoms with Crippen LogP contribution in [0.15, 0.2) is 29.3 Å². The molecule has 2 aromatic rings. The summed E-state index contributed by atoms with van der Waals surface area (Å²) in [6.45, 7) is 1.30. The van der Waals surface area contributed by atoms with Crippen LogP contribution in [0.3, 0.4) is 0 Å². The lowest BCUT2D eigenvalue weighted by Crippen LogP contribution is -2.41. The first-order chi connectivity index (χ1) is 10.9. The van der Waals surface area contributed by atoms with E-state index in [1.54, 1.807) is 0 Å². The van der Waals surface area contributed by atoms with Gasteiger partial charge in [0.2, 0.25) is 0 Å². The second-order valence-electron chi connectivity index (χ2n) is 6.03. The molecule has 0 aliphatic carbocycles. The third kappa shape index (κ3) is 3.10. The molecule has 0 bridgehead atoms. The molecule has 124 valence electrons. The lowest BCUT2D eigenvalue weighted by Gasteiger charge is -2.32. The summed E-state index contributed by atoms with van der Waals surface area (Å²) in [4.78, 5) is 18.8. The SMILES string of the molecule is CN1CCCC[C@@H]1Cn1cnc2cccc(C(F)(F)F)c2c1=O. The molecule has 0 unspecified atom stereocenters. The monoisotopic (exact) mass is 325 g/mol. The van der Waals surface area contributed by atoms with Gasteiger partial charge < -0.3 is 4.90 Å². The van der Waals surface area contributed by atoms with Crippen molar-refractivity contribution in [2.75, 3.05) is 13.6 Å². The number of hydrogen-bond acceptors (Lipinski definition) is 3. The maximum absolute atomic E-state index is 13.2. The van der Waals surface area contributed by atoms with Crippen LogP contribution in [0.1, 0.15) is 24.8 Å². The Bertz CT molecular complexity index is 769. The van der Waals surface area contributed by atoms with Gasteiger partial charge in [0.05, 0.1) is 22.8 Å². The zero-order valence-electron chi connectivity index (χ0n) is 12.8. The molecule has 4 nitrogen and oxygen atoms in total. The summed E-state index contributed by atoms with van der Waals surface area (Å²) < 4.78 is 40.8. The standard InChI is InChI=1S/C16H18F3N3O/c1-21-8-3-2-5-11(21)9-22-10-20-13-7-4-6-12(16(17,18)19)14(13)15(22)23/h4,6-7,10-11H,2-3,5,8-9H2,1H3/t11-/m1/s1. The second-order valence-corrected chi connectivity index (χ2v) is 6.03. The zero-order chi connectivity index (χ0) is 16.6. The first-order valence-corrected chi connectivity index (χ1v) is 7.63. The molecule has 1 aliphatic heterocycles. The van der Waals surface area contributed by atoms with Crippen LogP contribution in [0.2, 0.25) is 0 Å². The first kappa shape index (κ1) is 16.0. The second kappa shape index (κ2) is 5.96. The van der Waals surface area contributed by atoms with Crippen LogP contribution in [0.4, 0.5) is 13.2 Å². The average molecular weight is 325 g/mol. The molecule has 1 aromatic heterocycles. The van der Waals surface area contributed by atoms with Crippen molar-refractivity contribution in [1.82, 2.24) is 14.5 Å². The smallest absolute Gasteiger partial charge is 0.302 e. The van der Waals surface area contributed by atoms with Crippen molar-refractivity contribution >= 4 is 10.9 Å². The number of hydrogen-bond donors (Lipinski definition) is 0. The van der Waals surface area contributed by atoms with E-state index in [2.05, 4.69) is 9.88 Å². The summed E-state index contributed by atoms with van der Waals surface area (Å²) in [5.41, 5.74) is -1.46. The highest BCUT2D eigenvalue weighted by molar-refractivity contribution is 5.81. The van der Waals surface area contributed by atoms with Crippen LogP contribution >= 0.6 is 0 Å². The van der Waals surface area contributed by atoms with Gasteiger partial charge in [-0.2, -0.15) is 13.2 Å². The molecule has 1 fully saturated rings. The maximum Gasteiger partial charge on any atom is 0.417 e. The molecular weight excluding hydrogens is 307 g/mol. The Morgan fingerprint density at radius 3 is 2.78 bits per heavy atom. The van der Waals surface area contributed by atoms with Gasteiger partial charge in [-0.15, -0.1) is 0 Å². The molecule has 7 heteroatoms. The Labute approximate surface area is 131 Å². The van der Waals surface area contributed by atoms with Crippen LogP contribution in [0.5, 0.6) is 0 Å². The van der Waals surface area contributed by atoms with E-state index < -0.39 is 17.3 Å². The van der Waals surface area contributed by atoms with Gasteiger partial charge in [-0.1, -0.05) is 12.5 Å². The van der Waals surface area contributed by atoms with Gasteiger partial charge in [0, 0.05) is 12.6 Å². The summed E-state index contributed by atoms with van der Waals surface area (Å²) in [5, 5.41) is -0.346. The number of rotatable bonds is 2. The number of nitrogens with zero attached hydrogens (tertiary/aromatic N) is 3. The van der Waals surface area contributed by atoms with E-state index in [0.29, 0.717) is 6.54 Å². The lowest BCUT2D eigenvalue weighted by atomic mass is 10.0. The predicted molar refractivity (Wildman–Crippen MR) is 81.3 cm³/mol.